The molecule has 7 heteroatoms. The van der Waals surface area contributed by atoms with Gasteiger partial charge in [0.05, 0.1) is 4.90 Å². The fourth-order valence-corrected chi connectivity index (χ4v) is 4.97. The van der Waals surface area contributed by atoms with Crippen LogP contribution in [-0.2, 0) is 10.1 Å². The van der Waals surface area contributed by atoms with Crippen molar-refractivity contribution in [1.29, 1.82) is 0 Å². The Morgan fingerprint density at radius 3 is 1.46 bits per heavy atom. The van der Waals surface area contributed by atoms with Crippen LogP contribution >= 0.6 is 31.9 Å². The van der Waals surface area contributed by atoms with Crippen molar-refractivity contribution in [3.63, 3.8) is 0 Å². The molecule has 3 nitrogen and oxygen atoms in total. The van der Waals surface area contributed by atoms with E-state index in [1.165, 1.54) is 19.3 Å². The molecule has 0 aliphatic heterocycles. The summed E-state index contributed by atoms with van der Waals surface area (Å²) >= 11 is 6.85. The van der Waals surface area contributed by atoms with Crippen LogP contribution in [-0.4, -0.2) is 13.0 Å². The van der Waals surface area contributed by atoms with Crippen molar-refractivity contribution in [2.75, 3.05) is 0 Å². The molecule has 3 aromatic rings. The van der Waals surface area contributed by atoms with E-state index < -0.39 is 10.1 Å². The molecule has 0 amide bonds. The molecule has 0 radical (unpaired) electrons. The third-order valence-corrected chi connectivity index (χ3v) is 7.73. The van der Waals surface area contributed by atoms with Gasteiger partial charge in [-0.15, -0.1) is 0 Å². The zero-order chi connectivity index (χ0) is 19.2. The minimum absolute atomic E-state index is 0.0385. The molecule has 0 bridgehead atoms. The Morgan fingerprint density at radius 1 is 0.731 bits per heavy atom. The van der Waals surface area contributed by atoms with E-state index >= 15 is 0 Å². The maximum Gasteiger partial charge on any atom is 0.357 e. The second kappa shape index (κ2) is 9.98. The van der Waals surface area contributed by atoms with E-state index in [9.17, 15) is 13.0 Å². The molecule has 26 heavy (non-hydrogen) atoms. The zero-order valence-corrected chi connectivity index (χ0v) is 19.8. The molecule has 3 aromatic carbocycles. The second-order valence-corrected chi connectivity index (χ2v) is 11.5. The minimum atomic E-state index is -4.27. The summed E-state index contributed by atoms with van der Waals surface area (Å²) in [7, 11) is -4.27. The van der Waals surface area contributed by atoms with E-state index in [1.807, 2.05) is 6.92 Å². The Bertz CT molecular complexity index is 896. The van der Waals surface area contributed by atoms with Crippen LogP contribution in [0.15, 0.2) is 86.6 Å². The molecular formula is C19H15Br2IO3S. The topological polar surface area (TPSA) is 57.2 Å². The van der Waals surface area contributed by atoms with Crippen molar-refractivity contribution >= 4 is 42.0 Å². The molecule has 0 saturated carbocycles. The Morgan fingerprint density at radius 2 is 1.12 bits per heavy atom. The largest absolute Gasteiger partial charge is 0.744 e. The maximum absolute atomic E-state index is 10.4. The van der Waals surface area contributed by atoms with Crippen LogP contribution in [0.2, 0.25) is 0 Å². The van der Waals surface area contributed by atoms with E-state index in [0.717, 1.165) is 14.5 Å². The monoisotopic (exact) mass is 608 g/mol. The molecule has 0 aliphatic carbocycles. The van der Waals surface area contributed by atoms with Gasteiger partial charge in [0.15, 0.2) is 7.14 Å². The first kappa shape index (κ1) is 21.6. The summed E-state index contributed by atoms with van der Waals surface area (Å²) in [5.74, 6) is 0. The lowest BCUT2D eigenvalue weighted by molar-refractivity contribution is -0.597. The third kappa shape index (κ3) is 7.48. The van der Waals surface area contributed by atoms with Crippen LogP contribution in [0.4, 0.5) is 0 Å². The van der Waals surface area contributed by atoms with Crippen LogP contribution in [0.25, 0.3) is 0 Å². The van der Waals surface area contributed by atoms with Gasteiger partial charge in [-0.1, -0.05) is 49.6 Å². The summed E-state index contributed by atoms with van der Waals surface area (Å²) < 4.78 is 36.3. The van der Waals surface area contributed by atoms with E-state index in [0.29, 0.717) is 0 Å². The van der Waals surface area contributed by atoms with Gasteiger partial charge in [0, 0.05) is 8.95 Å². The van der Waals surface area contributed by atoms with E-state index in [1.54, 1.807) is 12.1 Å². The molecule has 0 fully saturated rings. The van der Waals surface area contributed by atoms with Crippen molar-refractivity contribution < 1.29 is 34.2 Å². The van der Waals surface area contributed by atoms with Crippen LogP contribution < -0.4 is 21.2 Å². The molecule has 0 aromatic heterocycles. The maximum atomic E-state index is 10.4. The molecule has 0 heterocycles. The highest BCUT2D eigenvalue weighted by Crippen LogP contribution is 2.09. The van der Waals surface area contributed by atoms with E-state index in [-0.39, 0.29) is 26.1 Å². The summed E-state index contributed by atoms with van der Waals surface area (Å²) in [5.41, 5.74) is 0.928. The minimum Gasteiger partial charge on any atom is -0.744 e. The van der Waals surface area contributed by atoms with Crippen LogP contribution in [0.5, 0.6) is 0 Å². The van der Waals surface area contributed by atoms with Gasteiger partial charge in [0.2, 0.25) is 0 Å². The Labute approximate surface area is 181 Å². The summed E-state index contributed by atoms with van der Waals surface area (Å²) in [6.07, 6.45) is 0. The van der Waals surface area contributed by atoms with Gasteiger partial charge in [0.1, 0.15) is 10.1 Å². The number of hydrogen-bond donors (Lipinski definition) is 0. The zero-order valence-electron chi connectivity index (χ0n) is 13.7. The molecule has 0 saturated heterocycles. The number of rotatable bonds is 3. The van der Waals surface area contributed by atoms with E-state index in [4.69, 9.17) is 0 Å². The van der Waals surface area contributed by atoms with Gasteiger partial charge in [0.25, 0.3) is 0 Å². The van der Waals surface area contributed by atoms with Gasteiger partial charge in [-0.25, -0.2) is 8.42 Å². The van der Waals surface area contributed by atoms with Gasteiger partial charge in [-0.2, -0.15) is 0 Å². The third-order valence-electron chi connectivity index (χ3n) is 3.13. The smallest absolute Gasteiger partial charge is 0.357 e. The normalized spacial score (nSPS) is 10.8. The highest BCUT2D eigenvalue weighted by atomic mass is 127. The first-order valence-corrected chi connectivity index (χ1v) is 12.6. The Kier molecular flexibility index (Phi) is 8.28. The number of halogens is 3. The van der Waals surface area contributed by atoms with Crippen LogP contribution in [0.3, 0.4) is 0 Å². The lowest BCUT2D eigenvalue weighted by Gasteiger charge is -2.05. The highest BCUT2D eigenvalue weighted by molar-refractivity contribution is 9.10. The standard InChI is InChI=1S/C12H8Br2I.C7H8O3S/c13-9-1-5-11(6-2-9)15-12-7-3-10(14)4-8-12;1-6-2-4-7(5-3-6)11(8,9)10/h1-8H;2-5H,1H3,(H,8,9,10)/q+1;/p-1. The van der Waals surface area contributed by atoms with Crippen molar-refractivity contribution in [3.05, 3.63) is 94.4 Å². The molecule has 3 rings (SSSR count). The second-order valence-electron chi connectivity index (χ2n) is 5.23. The lowest BCUT2D eigenvalue weighted by atomic mass is 10.2. The molecule has 136 valence electrons. The highest BCUT2D eigenvalue weighted by Gasteiger charge is 2.14. The fourth-order valence-electron chi connectivity index (χ4n) is 1.82. The quantitative estimate of drug-likeness (QED) is 0.338. The molecular weight excluding hydrogens is 595 g/mol. The van der Waals surface area contributed by atoms with Gasteiger partial charge < -0.3 is 4.55 Å². The molecule has 0 spiro atoms. The molecule has 0 unspecified atom stereocenters. The van der Waals surface area contributed by atoms with Gasteiger partial charge in [-0.3, -0.25) is 0 Å². The average molecular weight is 610 g/mol. The summed E-state index contributed by atoms with van der Waals surface area (Å²) in [6.45, 7) is 1.82. The molecule has 0 aliphatic rings. The first-order valence-electron chi connectivity index (χ1n) is 7.42. The van der Waals surface area contributed by atoms with Gasteiger partial charge in [-0.05, 0) is 67.6 Å². The average Bonchev–Trinajstić information content (AvgIpc) is 2.59. The Hall–Kier alpha value is -0.740. The first-order chi connectivity index (χ1) is 12.2. The fraction of sp³-hybridized carbons (Fsp3) is 0.0526. The Balaban J connectivity index is 0.000000197. The number of aryl methyl sites for hydroxylation is 1. The summed E-state index contributed by atoms with van der Waals surface area (Å²) in [5, 5.41) is 0. The van der Waals surface area contributed by atoms with Crippen LogP contribution in [0, 0.1) is 14.1 Å². The summed E-state index contributed by atoms with van der Waals surface area (Å²) in [4.78, 5) is -0.178. The number of benzene rings is 3. The van der Waals surface area contributed by atoms with Crippen molar-refractivity contribution in [3.8, 4) is 0 Å². The van der Waals surface area contributed by atoms with Crippen molar-refractivity contribution in [2.45, 2.75) is 11.8 Å². The van der Waals surface area contributed by atoms with Crippen molar-refractivity contribution in [2.24, 2.45) is 0 Å². The van der Waals surface area contributed by atoms with Crippen LogP contribution in [0.1, 0.15) is 5.56 Å². The SMILES string of the molecule is Brc1ccc([I+]c2ccc(Br)cc2)cc1.Cc1ccc(S(=O)(=O)[O-])cc1. The molecule has 0 atom stereocenters. The predicted molar refractivity (Wildman–Crippen MR) is 105 cm³/mol. The predicted octanol–water partition coefficient (Wildman–Crippen LogP) is 2.24. The van der Waals surface area contributed by atoms with Crippen molar-refractivity contribution in [1.82, 2.24) is 0 Å². The lowest BCUT2D eigenvalue weighted by Crippen LogP contribution is -3.61. The van der Waals surface area contributed by atoms with Gasteiger partial charge >= 0.3 is 21.2 Å². The molecule has 0 N–H and O–H groups in total. The number of hydrogen-bond acceptors (Lipinski definition) is 3. The summed E-state index contributed by atoms with van der Waals surface area (Å²) in [6, 6.07) is 23.0. The van der Waals surface area contributed by atoms with E-state index in [2.05, 4.69) is 80.4 Å².